The van der Waals surface area contributed by atoms with Gasteiger partial charge in [-0.15, -0.1) is 0 Å². The maximum Gasteiger partial charge on any atom is 0.306 e. The molecule has 1 unspecified atom stereocenters. The number of halogens is 1. The Morgan fingerprint density at radius 1 is 1.35 bits per heavy atom. The van der Waals surface area contributed by atoms with Crippen molar-refractivity contribution in [2.75, 3.05) is 57.7 Å². The summed E-state index contributed by atoms with van der Waals surface area (Å²) < 4.78 is 27.4. The average molecular weight is 393 g/mol. The summed E-state index contributed by atoms with van der Waals surface area (Å²) in [7, 11) is 5.56. The van der Waals surface area contributed by atoms with E-state index in [0.29, 0.717) is 35.5 Å². The van der Waals surface area contributed by atoms with E-state index in [0.717, 1.165) is 0 Å². The zero-order valence-corrected chi connectivity index (χ0v) is 16.0. The lowest BCUT2D eigenvalue weighted by Crippen LogP contribution is -2.43. The molecule has 7 nitrogen and oxygen atoms in total. The van der Waals surface area contributed by atoms with Gasteiger partial charge in [0, 0.05) is 28.6 Å². The summed E-state index contributed by atoms with van der Waals surface area (Å²) in [4.78, 5) is 11.5. The Labute approximate surface area is 147 Å². The molecule has 0 aromatic rings. The fourth-order valence-electron chi connectivity index (χ4n) is 1.68. The zero-order chi connectivity index (χ0) is 17.9. The first kappa shape index (κ1) is 22.9. The normalized spacial score (nSPS) is 13.8. The molecule has 23 heavy (non-hydrogen) atoms. The lowest BCUT2D eigenvalue weighted by Gasteiger charge is -2.29. The van der Waals surface area contributed by atoms with E-state index in [-0.39, 0.29) is 31.4 Å². The molecule has 10 heteroatoms. The van der Waals surface area contributed by atoms with Crippen molar-refractivity contribution >= 4 is 37.5 Å². The first-order valence-electron chi connectivity index (χ1n) is 7.32. The van der Waals surface area contributed by atoms with Gasteiger partial charge in [0.05, 0.1) is 45.5 Å². The van der Waals surface area contributed by atoms with Crippen molar-refractivity contribution in [3.05, 3.63) is 0 Å². The monoisotopic (exact) mass is 392 g/mol. The molecule has 0 rings (SSSR count). The molecule has 0 saturated heterocycles. The number of hydrogen-bond acceptors (Lipinski definition) is 7. The van der Waals surface area contributed by atoms with Gasteiger partial charge in [-0.25, -0.2) is 8.42 Å². The van der Waals surface area contributed by atoms with Crippen LogP contribution in [-0.2, 0) is 18.6 Å². The number of likely N-dealkylation sites (N-methyl/N-ethyl adjacent to an activating group) is 1. The molecule has 138 valence electrons. The molecular formula is C13H27ClNO6S2+. The number of thioether (sulfide) groups is 1. The van der Waals surface area contributed by atoms with Gasteiger partial charge < -0.3 is 19.4 Å². The molecule has 0 aliphatic heterocycles. The summed E-state index contributed by atoms with van der Waals surface area (Å²) in [5.41, 5.74) is 0. The van der Waals surface area contributed by atoms with Crippen LogP contribution in [0.2, 0.25) is 0 Å². The molecule has 0 aliphatic carbocycles. The number of carbonyl (C=O) groups excluding carboxylic acids is 1. The summed E-state index contributed by atoms with van der Waals surface area (Å²) in [6, 6.07) is 0. The standard InChI is InChI=1S/C13H27ClNO6S2/c1-15(2,5-3-9-23(14,19)20)6-7-21-13(18)4-8-22-11-12(17)10-16/h12,16-17H,3-11H2,1-2H3/q+1. The molecule has 0 amide bonds. The Balaban J connectivity index is 3.76. The molecule has 0 saturated carbocycles. The van der Waals surface area contributed by atoms with Gasteiger partial charge in [-0.05, 0) is 0 Å². The lowest BCUT2D eigenvalue weighted by molar-refractivity contribution is -0.890. The zero-order valence-electron chi connectivity index (χ0n) is 13.6. The second kappa shape index (κ2) is 11.5. The Hall–Kier alpha value is -0.0600. The topological polar surface area (TPSA) is 101 Å². The van der Waals surface area contributed by atoms with Crippen LogP contribution in [-0.4, -0.2) is 92.8 Å². The predicted octanol–water partition coefficient (Wildman–Crippen LogP) is 0.0412. The van der Waals surface area contributed by atoms with Crippen molar-refractivity contribution in [1.82, 2.24) is 0 Å². The van der Waals surface area contributed by atoms with E-state index >= 15 is 0 Å². The Morgan fingerprint density at radius 2 is 2.00 bits per heavy atom. The van der Waals surface area contributed by atoms with Crippen molar-refractivity contribution in [2.45, 2.75) is 18.9 Å². The Bertz CT molecular complexity index is 444. The van der Waals surface area contributed by atoms with Gasteiger partial charge >= 0.3 is 5.97 Å². The summed E-state index contributed by atoms with van der Waals surface area (Å²) in [6.07, 6.45) is -0.0527. The number of hydrogen-bond donors (Lipinski definition) is 2. The minimum absolute atomic E-state index is 0.0626. The SMILES string of the molecule is C[N+](C)(CCCS(=O)(=O)Cl)CCOC(=O)CCSCC(O)CO. The van der Waals surface area contributed by atoms with Crippen molar-refractivity contribution in [1.29, 1.82) is 0 Å². The molecule has 0 aromatic heterocycles. The van der Waals surface area contributed by atoms with Crippen LogP contribution >= 0.6 is 22.4 Å². The molecule has 2 N–H and O–H groups in total. The van der Waals surface area contributed by atoms with E-state index in [1.165, 1.54) is 11.8 Å². The Kier molecular flexibility index (Phi) is 11.5. The molecule has 1 atom stereocenters. The van der Waals surface area contributed by atoms with E-state index in [9.17, 15) is 13.2 Å². The number of carbonyl (C=O) groups is 1. The second-order valence-corrected chi connectivity index (χ2v) is 9.91. The number of aliphatic hydroxyl groups excluding tert-OH is 2. The van der Waals surface area contributed by atoms with Crippen LogP contribution in [0.25, 0.3) is 0 Å². The molecule has 0 aliphatic rings. The van der Waals surface area contributed by atoms with Gasteiger partial charge in [0.1, 0.15) is 13.2 Å². The second-order valence-electron chi connectivity index (χ2n) is 5.86. The minimum Gasteiger partial charge on any atom is -0.460 e. The summed E-state index contributed by atoms with van der Waals surface area (Å²) in [6.45, 7) is 1.20. The van der Waals surface area contributed by atoms with Crippen LogP contribution < -0.4 is 0 Å². The van der Waals surface area contributed by atoms with Gasteiger partial charge in [0.2, 0.25) is 9.05 Å². The Morgan fingerprint density at radius 3 is 2.57 bits per heavy atom. The van der Waals surface area contributed by atoms with E-state index in [1.807, 2.05) is 14.1 Å². The lowest BCUT2D eigenvalue weighted by atomic mass is 10.3. The van der Waals surface area contributed by atoms with Crippen molar-refractivity contribution in [3.63, 3.8) is 0 Å². The van der Waals surface area contributed by atoms with Gasteiger partial charge in [0.25, 0.3) is 0 Å². The highest BCUT2D eigenvalue weighted by Gasteiger charge is 2.17. The van der Waals surface area contributed by atoms with Crippen LogP contribution in [0.3, 0.4) is 0 Å². The summed E-state index contributed by atoms with van der Waals surface area (Å²) in [5.74, 6) is 0.547. The third kappa shape index (κ3) is 15.2. The van der Waals surface area contributed by atoms with Crippen molar-refractivity contribution in [3.8, 4) is 0 Å². The van der Waals surface area contributed by atoms with Crippen LogP contribution in [0.5, 0.6) is 0 Å². The van der Waals surface area contributed by atoms with E-state index < -0.39 is 15.2 Å². The number of rotatable bonds is 13. The molecule has 0 spiro atoms. The van der Waals surface area contributed by atoms with Gasteiger partial charge in [-0.1, -0.05) is 0 Å². The number of aliphatic hydroxyl groups is 2. The van der Waals surface area contributed by atoms with Gasteiger partial charge in [-0.2, -0.15) is 11.8 Å². The maximum atomic E-state index is 11.5. The fraction of sp³-hybridized carbons (Fsp3) is 0.923. The van der Waals surface area contributed by atoms with Crippen LogP contribution in [0.15, 0.2) is 0 Å². The highest BCUT2D eigenvalue weighted by molar-refractivity contribution is 8.13. The highest BCUT2D eigenvalue weighted by Crippen LogP contribution is 2.07. The van der Waals surface area contributed by atoms with E-state index in [2.05, 4.69) is 0 Å². The quantitative estimate of drug-likeness (QED) is 0.197. The van der Waals surface area contributed by atoms with Crippen LogP contribution in [0.1, 0.15) is 12.8 Å². The maximum absolute atomic E-state index is 11.5. The average Bonchev–Trinajstić information content (AvgIpc) is 2.41. The third-order valence-corrected chi connectivity index (χ3v) is 5.44. The molecular weight excluding hydrogens is 366 g/mol. The largest absolute Gasteiger partial charge is 0.460 e. The summed E-state index contributed by atoms with van der Waals surface area (Å²) >= 11 is 1.38. The van der Waals surface area contributed by atoms with E-state index in [1.54, 1.807) is 0 Å². The molecule has 0 bridgehead atoms. The van der Waals surface area contributed by atoms with Crippen LogP contribution in [0.4, 0.5) is 0 Å². The van der Waals surface area contributed by atoms with Crippen molar-refractivity contribution in [2.24, 2.45) is 0 Å². The molecule has 0 aromatic carbocycles. The number of esters is 1. The van der Waals surface area contributed by atoms with Gasteiger partial charge in [0.15, 0.2) is 0 Å². The van der Waals surface area contributed by atoms with Crippen molar-refractivity contribution < 1.29 is 32.6 Å². The van der Waals surface area contributed by atoms with Crippen LogP contribution in [0, 0.1) is 0 Å². The molecule has 0 radical (unpaired) electrons. The number of ether oxygens (including phenoxy) is 1. The number of nitrogens with zero attached hydrogens (tertiary/aromatic N) is 1. The van der Waals surface area contributed by atoms with Gasteiger partial charge in [-0.3, -0.25) is 4.79 Å². The first-order chi connectivity index (χ1) is 10.6. The molecule has 0 fully saturated rings. The first-order valence-corrected chi connectivity index (χ1v) is 11.0. The predicted molar refractivity (Wildman–Crippen MR) is 92.1 cm³/mol. The number of quaternary nitrogens is 1. The van der Waals surface area contributed by atoms with E-state index in [4.69, 9.17) is 25.6 Å². The smallest absolute Gasteiger partial charge is 0.306 e. The molecule has 0 heterocycles. The summed E-state index contributed by atoms with van der Waals surface area (Å²) in [5, 5.41) is 17.8. The third-order valence-electron chi connectivity index (χ3n) is 3.08. The minimum atomic E-state index is -3.46. The highest BCUT2D eigenvalue weighted by atomic mass is 35.7. The fourth-order valence-corrected chi connectivity index (χ4v) is 3.34.